The normalized spacial score (nSPS) is 10.8. The summed E-state index contributed by atoms with van der Waals surface area (Å²) in [6.45, 7) is 1.88. The van der Waals surface area contributed by atoms with E-state index in [9.17, 15) is 4.79 Å². The lowest BCUT2D eigenvalue weighted by Gasteiger charge is -2.05. The Labute approximate surface area is 125 Å². The van der Waals surface area contributed by atoms with Gasteiger partial charge < -0.3 is 9.72 Å². The summed E-state index contributed by atoms with van der Waals surface area (Å²) < 4.78 is 1.94. The fourth-order valence-corrected chi connectivity index (χ4v) is 2.10. The highest BCUT2D eigenvalue weighted by atomic mass is 35.5. The maximum Gasteiger partial charge on any atom is 0.199 e. The van der Waals surface area contributed by atoms with Gasteiger partial charge >= 0.3 is 0 Å². The maximum atomic E-state index is 11.3. The minimum absolute atomic E-state index is 0.0972. The third kappa shape index (κ3) is 3.00. The monoisotopic (exact) mass is 301 g/mol. The van der Waals surface area contributed by atoms with Crippen LogP contribution in [0, 0.1) is 0 Å². The van der Waals surface area contributed by atoms with Crippen LogP contribution in [0.5, 0.6) is 0 Å². The number of anilines is 1. The molecule has 3 heterocycles. The van der Waals surface area contributed by atoms with Gasteiger partial charge in [0, 0.05) is 25.4 Å². The lowest BCUT2D eigenvalue weighted by molar-refractivity contribution is 0.100. The maximum absolute atomic E-state index is 11.3. The Morgan fingerprint density at radius 2 is 2.19 bits per heavy atom. The molecule has 7 heteroatoms. The van der Waals surface area contributed by atoms with E-state index < -0.39 is 0 Å². The number of fused-ring (bicyclic) bond motifs is 1. The number of aromatic nitrogens is 4. The Morgan fingerprint density at radius 1 is 1.33 bits per heavy atom. The molecule has 0 aromatic carbocycles. The molecule has 3 aromatic heterocycles. The first-order chi connectivity index (χ1) is 10.1. The Balaban J connectivity index is 1.79. The average molecular weight is 302 g/mol. The molecule has 0 aliphatic heterocycles. The number of carbonyl (C=O) groups excluding carboxylic acids is 1. The van der Waals surface area contributed by atoms with Crippen molar-refractivity contribution in [2.75, 3.05) is 5.32 Å². The zero-order chi connectivity index (χ0) is 14.8. The molecule has 0 atom stereocenters. The first kappa shape index (κ1) is 13.5. The highest BCUT2D eigenvalue weighted by Crippen LogP contribution is 2.13. The van der Waals surface area contributed by atoms with Gasteiger partial charge in [0.15, 0.2) is 11.6 Å². The molecule has 0 fully saturated rings. The van der Waals surface area contributed by atoms with Crippen molar-refractivity contribution in [2.24, 2.45) is 0 Å². The van der Waals surface area contributed by atoms with E-state index in [1.165, 1.54) is 6.92 Å². The standard InChI is InChI=1S/C14H12ClN5O/c1-9(21)14-18-11(15)6-12(19-14)16-7-10-8-20-5-3-2-4-13(20)17-10/h2-6,8H,7H2,1H3,(H,16,18,19). The van der Waals surface area contributed by atoms with E-state index in [4.69, 9.17) is 11.6 Å². The molecule has 1 N–H and O–H groups in total. The minimum Gasteiger partial charge on any atom is -0.364 e. The molecule has 106 valence electrons. The van der Waals surface area contributed by atoms with Gasteiger partial charge in [-0.1, -0.05) is 17.7 Å². The van der Waals surface area contributed by atoms with Crippen LogP contribution in [-0.4, -0.2) is 25.1 Å². The van der Waals surface area contributed by atoms with Crippen molar-refractivity contribution in [3.63, 3.8) is 0 Å². The Bertz CT molecular complexity index is 781. The van der Waals surface area contributed by atoms with Crippen molar-refractivity contribution in [2.45, 2.75) is 13.5 Å². The van der Waals surface area contributed by atoms with Gasteiger partial charge in [-0.05, 0) is 12.1 Å². The van der Waals surface area contributed by atoms with Crippen molar-refractivity contribution in [3.8, 4) is 0 Å². The van der Waals surface area contributed by atoms with E-state index in [2.05, 4.69) is 20.3 Å². The van der Waals surface area contributed by atoms with Crippen LogP contribution in [0.4, 0.5) is 5.82 Å². The van der Waals surface area contributed by atoms with Crippen molar-refractivity contribution in [1.29, 1.82) is 0 Å². The number of nitrogens with zero attached hydrogens (tertiary/aromatic N) is 4. The second kappa shape index (κ2) is 5.49. The van der Waals surface area contributed by atoms with Crippen molar-refractivity contribution >= 4 is 28.8 Å². The van der Waals surface area contributed by atoms with Gasteiger partial charge in [-0.25, -0.2) is 15.0 Å². The third-order valence-electron chi connectivity index (χ3n) is 2.87. The topological polar surface area (TPSA) is 72.2 Å². The van der Waals surface area contributed by atoms with E-state index in [0.29, 0.717) is 12.4 Å². The first-order valence-corrected chi connectivity index (χ1v) is 6.71. The van der Waals surface area contributed by atoms with Gasteiger partial charge in [0.2, 0.25) is 0 Å². The molecule has 0 saturated carbocycles. The molecule has 0 aliphatic carbocycles. The number of rotatable bonds is 4. The molecule has 0 saturated heterocycles. The number of Topliss-reactive ketones (excluding diaryl/α,β-unsaturated/α-hetero) is 1. The molecule has 0 unspecified atom stereocenters. The fourth-order valence-electron chi connectivity index (χ4n) is 1.92. The predicted octanol–water partition coefficient (Wildman–Crippen LogP) is 2.59. The van der Waals surface area contributed by atoms with E-state index in [1.54, 1.807) is 6.07 Å². The molecule has 3 aromatic rings. The Kier molecular flexibility index (Phi) is 3.53. The number of halogens is 1. The summed E-state index contributed by atoms with van der Waals surface area (Å²) in [5.74, 6) is 0.366. The molecule has 0 spiro atoms. The molecule has 3 rings (SSSR count). The molecular formula is C14H12ClN5O. The van der Waals surface area contributed by atoms with E-state index in [-0.39, 0.29) is 16.8 Å². The number of hydrogen-bond donors (Lipinski definition) is 1. The fraction of sp³-hybridized carbons (Fsp3) is 0.143. The van der Waals surface area contributed by atoms with Crippen LogP contribution in [-0.2, 0) is 6.54 Å². The van der Waals surface area contributed by atoms with Crippen LogP contribution in [0.2, 0.25) is 5.15 Å². The van der Waals surface area contributed by atoms with Gasteiger partial charge in [0.05, 0.1) is 12.2 Å². The van der Waals surface area contributed by atoms with Crippen molar-refractivity contribution in [1.82, 2.24) is 19.4 Å². The largest absolute Gasteiger partial charge is 0.364 e. The smallest absolute Gasteiger partial charge is 0.199 e. The number of ketones is 1. The Morgan fingerprint density at radius 3 is 2.95 bits per heavy atom. The highest BCUT2D eigenvalue weighted by molar-refractivity contribution is 6.29. The zero-order valence-corrected chi connectivity index (χ0v) is 12.0. The lowest BCUT2D eigenvalue weighted by Crippen LogP contribution is -2.07. The van der Waals surface area contributed by atoms with Crippen LogP contribution >= 0.6 is 11.6 Å². The molecule has 0 amide bonds. The van der Waals surface area contributed by atoms with E-state index in [0.717, 1.165) is 11.3 Å². The predicted molar refractivity (Wildman–Crippen MR) is 79.6 cm³/mol. The van der Waals surface area contributed by atoms with Gasteiger partial charge in [-0.15, -0.1) is 0 Å². The van der Waals surface area contributed by atoms with Crippen LogP contribution in [0.25, 0.3) is 5.65 Å². The second-order valence-electron chi connectivity index (χ2n) is 4.51. The number of nitrogens with one attached hydrogen (secondary N) is 1. The van der Waals surface area contributed by atoms with Gasteiger partial charge in [0.25, 0.3) is 0 Å². The average Bonchev–Trinajstić information content (AvgIpc) is 2.87. The number of pyridine rings is 1. The second-order valence-corrected chi connectivity index (χ2v) is 4.89. The Hall–Kier alpha value is -2.47. The van der Waals surface area contributed by atoms with Crippen molar-refractivity contribution < 1.29 is 4.79 Å². The van der Waals surface area contributed by atoms with Crippen molar-refractivity contribution in [3.05, 3.63) is 53.3 Å². The van der Waals surface area contributed by atoms with Gasteiger partial charge in [-0.3, -0.25) is 4.79 Å². The summed E-state index contributed by atoms with van der Waals surface area (Å²) in [6.07, 6.45) is 3.86. The van der Waals surface area contributed by atoms with Crippen LogP contribution in [0.15, 0.2) is 36.7 Å². The third-order valence-corrected chi connectivity index (χ3v) is 3.07. The summed E-state index contributed by atoms with van der Waals surface area (Å²) >= 11 is 5.88. The van der Waals surface area contributed by atoms with Crippen LogP contribution in [0.1, 0.15) is 23.2 Å². The van der Waals surface area contributed by atoms with E-state index in [1.807, 2.05) is 35.0 Å². The SMILES string of the molecule is CC(=O)c1nc(Cl)cc(NCc2cn3ccccc3n2)n1. The molecule has 21 heavy (non-hydrogen) atoms. The molecule has 6 nitrogen and oxygen atoms in total. The number of imidazole rings is 1. The molecular weight excluding hydrogens is 290 g/mol. The minimum atomic E-state index is -0.228. The molecule has 0 aliphatic rings. The van der Waals surface area contributed by atoms with E-state index >= 15 is 0 Å². The molecule has 0 bridgehead atoms. The van der Waals surface area contributed by atoms with Crippen LogP contribution in [0.3, 0.4) is 0 Å². The molecule has 0 radical (unpaired) electrons. The van der Waals surface area contributed by atoms with Crippen LogP contribution < -0.4 is 5.32 Å². The van der Waals surface area contributed by atoms with Gasteiger partial charge in [-0.2, -0.15) is 0 Å². The van der Waals surface area contributed by atoms with Gasteiger partial charge in [0.1, 0.15) is 16.6 Å². The highest BCUT2D eigenvalue weighted by Gasteiger charge is 2.08. The summed E-state index contributed by atoms with van der Waals surface area (Å²) in [5, 5.41) is 3.32. The summed E-state index contributed by atoms with van der Waals surface area (Å²) in [7, 11) is 0. The summed E-state index contributed by atoms with van der Waals surface area (Å²) in [6, 6.07) is 7.38. The quantitative estimate of drug-likeness (QED) is 0.592. The lowest BCUT2D eigenvalue weighted by atomic mass is 10.4. The summed E-state index contributed by atoms with van der Waals surface area (Å²) in [4.78, 5) is 23.8. The summed E-state index contributed by atoms with van der Waals surface area (Å²) in [5.41, 5.74) is 1.74. The number of hydrogen-bond acceptors (Lipinski definition) is 5. The zero-order valence-electron chi connectivity index (χ0n) is 11.2. The number of carbonyl (C=O) groups is 1. The first-order valence-electron chi connectivity index (χ1n) is 6.34.